The molecule has 0 N–H and O–H groups in total. The molecule has 0 amide bonds. The first kappa shape index (κ1) is 11.8. The van der Waals surface area contributed by atoms with Crippen molar-refractivity contribution in [2.24, 2.45) is 0 Å². The number of aryl methyl sites for hydroxylation is 1. The van der Waals surface area contributed by atoms with Crippen molar-refractivity contribution in [3.05, 3.63) is 27.9 Å². The molecule has 1 aromatic rings. The van der Waals surface area contributed by atoms with Crippen LogP contribution in [0.25, 0.3) is 0 Å². The van der Waals surface area contributed by atoms with E-state index in [2.05, 4.69) is 28.9 Å². The molecule has 0 atom stereocenters. The highest BCUT2D eigenvalue weighted by molar-refractivity contribution is 5.48. The van der Waals surface area contributed by atoms with Crippen LogP contribution < -0.4 is 4.90 Å². The van der Waals surface area contributed by atoms with Gasteiger partial charge in [-0.1, -0.05) is 0 Å². The van der Waals surface area contributed by atoms with E-state index >= 15 is 0 Å². The largest absolute Gasteiger partial charge is 0.353 e. The van der Waals surface area contributed by atoms with Gasteiger partial charge in [0.15, 0.2) is 0 Å². The lowest BCUT2D eigenvalue weighted by atomic mass is 10.1. The first-order valence-corrected chi connectivity index (χ1v) is 5.52. The Balaban J connectivity index is 2.10. The monoisotopic (exact) mass is 236 g/mol. The van der Waals surface area contributed by atoms with Crippen molar-refractivity contribution >= 4 is 11.5 Å². The van der Waals surface area contributed by atoms with Gasteiger partial charge in [-0.25, -0.2) is 4.98 Å². The maximum Gasteiger partial charge on any atom is 0.290 e. The van der Waals surface area contributed by atoms with E-state index in [1.165, 1.54) is 6.07 Å². The molecule has 1 fully saturated rings. The molecule has 1 saturated heterocycles. The van der Waals surface area contributed by atoms with Crippen LogP contribution in [0, 0.1) is 17.0 Å². The van der Waals surface area contributed by atoms with Crippen LogP contribution in [0.4, 0.5) is 11.5 Å². The van der Waals surface area contributed by atoms with Crippen LogP contribution in [0.15, 0.2) is 12.1 Å². The summed E-state index contributed by atoms with van der Waals surface area (Å²) in [5, 5.41) is 10.7. The number of rotatable bonds is 3. The zero-order valence-electron chi connectivity index (χ0n) is 10.3. The summed E-state index contributed by atoms with van der Waals surface area (Å²) < 4.78 is 0. The maximum atomic E-state index is 10.7. The number of nitro groups is 1. The van der Waals surface area contributed by atoms with Crippen molar-refractivity contribution < 1.29 is 4.92 Å². The third-order valence-electron chi connectivity index (χ3n) is 3.16. The van der Waals surface area contributed by atoms with Crippen LogP contribution in [0.1, 0.15) is 5.69 Å². The molecule has 1 aliphatic heterocycles. The van der Waals surface area contributed by atoms with Gasteiger partial charge in [0.25, 0.3) is 5.69 Å². The summed E-state index contributed by atoms with van der Waals surface area (Å²) in [5.74, 6) is 0.825. The minimum atomic E-state index is -0.398. The predicted molar refractivity (Wildman–Crippen MR) is 65.3 cm³/mol. The number of likely N-dealkylation sites (N-methyl/N-ethyl adjacent to an activating group) is 1. The third kappa shape index (κ3) is 2.21. The Morgan fingerprint density at radius 1 is 1.47 bits per heavy atom. The molecule has 0 bridgehead atoms. The molecule has 1 aromatic heterocycles. The predicted octanol–water partition coefficient (Wildman–Crippen LogP) is 1.05. The number of aromatic nitrogens is 1. The molecule has 0 unspecified atom stereocenters. The summed E-state index contributed by atoms with van der Waals surface area (Å²) in [6, 6.07) is 3.80. The van der Waals surface area contributed by atoms with Crippen molar-refractivity contribution in [1.82, 2.24) is 9.88 Å². The minimum Gasteiger partial charge on any atom is -0.353 e. The molecule has 0 radical (unpaired) electrons. The molecular formula is C11H16N4O2. The zero-order chi connectivity index (χ0) is 12.6. The van der Waals surface area contributed by atoms with Crippen molar-refractivity contribution in [3.8, 4) is 0 Å². The second-order valence-electron chi connectivity index (χ2n) is 4.55. The molecule has 6 heteroatoms. The normalized spacial score (nSPS) is 16.1. The third-order valence-corrected chi connectivity index (χ3v) is 3.16. The summed E-state index contributed by atoms with van der Waals surface area (Å²) in [4.78, 5) is 18.9. The molecule has 92 valence electrons. The number of anilines is 1. The first-order valence-electron chi connectivity index (χ1n) is 5.52. The SMILES string of the molecule is Cc1nc(N2CC(N(C)C)C2)ccc1[N+](=O)[O-]. The van der Waals surface area contributed by atoms with Gasteiger partial charge in [0.2, 0.25) is 0 Å². The Bertz CT molecular complexity index is 441. The molecule has 1 aliphatic rings. The minimum absolute atomic E-state index is 0.0819. The molecule has 0 aliphatic carbocycles. The summed E-state index contributed by atoms with van der Waals surface area (Å²) in [6.45, 7) is 3.53. The van der Waals surface area contributed by atoms with Crippen LogP contribution >= 0.6 is 0 Å². The lowest BCUT2D eigenvalue weighted by Crippen LogP contribution is -2.57. The Hall–Kier alpha value is -1.69. The van der Waals surface area contributed by atoms with Gasteiger partial charge in [0.1, 0.15) is 11.5 Å². The van der Waals surface area contributed by atoms with E-state index in [4.69, 9.17) is 0 Å². The van der Waals surface area contributed by atoms with Gasteiger partial charge in [-0.3, -0.25) is 10.1 Å². The Kier molecular flexibility index (Phi) is 2.97. The van der Waals surface area contributed by atoms with Gasteiger partial charge in [-0.15, -0.1) is 0 Å². The molecule has 6 nitrogen and oxygen atoms in total. The average molecular weight is 236 g/mol. The van der Waals surface area contributed by atoms with Crippen molar-refractivity contribution in [3.63, 3.8) is 0 Å². The summed E-state index contributed by atoms with van der Waals surface area (Å²) in [7, 11) is 4.10. The van der Waals surface area contributed by atoms with E-state index in [1.807, 2.05) is 0 Å². The second kappa shape index (κ2) is 4.29. The zero-order valence-corrected chi connectivity index (χ0v) is 10.3. The van der Waals surface area contributed by atoms with Crippen molar-refractivity contribution in [1.29, 1.82) is 0 Å². The topological polar surface area (TPSA) is 62.5 Å². The smallest absolute Gasteiger partial charge is 0.290 e. The van der Waals surface area contributed by atoms with Crippen molar-refractivity contribution in [2.45, 2.75) is 13.0 Å². The lowest BCUT2D eigenvalue weighted by Gasteiger charge is -2.43. The molecule has 17 heavy (non-hydrogen) atoms. The van der Waals surface area contributed by atoms with E-state index in [1.54, 1.807) is 13.0 Å². The van der Waals surface area contributed by atoms with Crippen LogP contribution in [0.5, 0.6) is 0 Å². The Morgan fingerprint density at radius 2 is 2.12 bits per heavy atom. The van der Waals surface area contributed by atoms with E-state index in [9.17, 15) is 10.1 Å². The second-order valence-corrected chi connectivity index (χ2v) is 4.55. The summed E-state index contributed by atoms with van der Waals surface area (Å²) >= 11 is 0. The Labute approximate surface area is 100 Å². The Morgan fingerprint density at radius 3 is 2.59 bits per heavy atom. The van der Waals surface area contributed by atoms with Gasteiger partial charge >= 0.3 is 0 Å². The van der Waals surface area contributed by atoms with Gasteiger partial charge in [-0.05, 0) is 27.1 Å². The maximum absolute atomic E-state index is 10.7. The summed E-state index contributed by atoms with van der Waals surface area (Å²) in [5.41, 5.74) is 0.555. The quantitative estimate of drug-likeness (QED) is 0.580. The van der Waals surface area contributed by atoms with Gasteiger partial charge < -0.3 is 9.80 Å². The van der Waals surface area contributed by atoms with Gasteiger partial charge in [0.05, 0.1) is 4.92 Å². The fourth-order valence-corrected chi connectivity index (χ4v) is 1.88. The molecule has 0 spiro atoms. The number of hydrogen-bond acceptors (Lipinski definition) is 5. The molecule has 2 rings (SSSR count). The number of nitrogens with zero attached hydrogens (tertiary/aromatic N) is 4. The van der Waals surface area contributed by atoms with Crippen molar-refractivity contribution in [2.75, 3.05) is 32.1 Å². The highest BCUT2D eigenvalue weighted by atomic mass is 16.6. The van der Waals surface area contributed by atoms with E-state index < -0.39 is 4.92 Å². The first-order chi connectivity index (χ1) is 7.99. The van der Waals surface area contributed by atoms with Crippen LogP contribution in [0.3, 0.4) is 0 Å². The van der Waals surface area contributed by atoms with Gasteiger partial charge in [-0.2, -0.15) is 0 Å². The molecule has 2 heterocycles. The summed E-state index contributed by atoms with van der Waals surface area (Å²) in [6.07, 6.45) is 0. The highest BCUT2D eigenvalue weighted by Crippen LogP contribution is 2.24. The molecular weight excluding hydrogens is 220 g/mol. The number of pyridine rings is 1. The fourth-order valence-electron chi connectivity index (χ4n) is 1.88. The van der Waals surface area contributed by atoms with Crippen LogP contribution in [-0.4, -0.2) is 48.0 Å². The highest BCUT2D eigenvalue weighted by Gasteiger charge is 2.29. The molecule has 0 saturated carbocycles. The van der Waals surface area contributed by atoms with E-state index in [0.717, 1.165) is 18.9 Å². The average Bonchev–Trinajstić information content (AvgIpc) is 2.13. The van der Waals surface area contributed by atoms with Gasteiger partial charge in [0, 0.05) is 25.2 Å². The fraction of sp³-hybridized carbons (Fsp3) is 0.545. The van der Waals surface area contributed by atoms with Crippen LogP contribution in [0.2, 0.25) is 0 Å². The van der Waals surface area contributed by atoms with E-state index in [-0.39, 0.29) is 5.69 Å². The molecule has 0 aromatic carbocycles. The van der Waals surface area contributed by atoms with E-state index in [0.29, 0.717) is 11.7 Å². The van der Waals surface area contributed by atoms with Crippen LogP contribution in [-0.2, 0) is 0 Å². The lowest BCUT2D eigenvalue weighted by molar-refractivity contribution is -0.385. The number of hydrogen-bond donors (Lipinski definition) is 0. The standard InChI is InChI=1S/C11H16N4O2/c1-8-10(15(16)17)4-5-11(12-8)14-6-9(7-14)13(2)3/h4-5,9H,6-7H2,1-3H3.